The molecule has 0 radical (unpaired) electrons. The largest absolute Gasteiger partial charge is 0.467 e. The number of Topliss-reactive ketones (excluding diaryl/α,β-unsaturated/α-hetero) is 1. The van der Waals surface area contributed by atoms with Gasteiger partial charge < -0.3 is 9.73 Å². The molecule has 58 valence electrons. The SMILES string of the molecule is Cc1coc2c1C(=O)CNC2. The molecule has 2 rings (SSSR count). The van der Waals surface area contributed by atoms with Crippen molar-refractivity contribution in [1.82, 2.24) is 5.32 Å². The van der Waals surface area contributed by atoms with Crippen molar-refractivity contribution in [2.75, 3.05) is 6.54 Å². The molecule has 2 heterocycles. The Hall–Kier alpha value is -1.09. The first-order valence-electron chi connectivity index (χ1n) is 3.60. The number of fused-ring (bicyclic) bond motifs is 1. The lowest BCUT2D eigenvalue weighted by Crippen LogP contribution is -2.29. The van der Waals surface area contributed by atoms with Crippen LogP contribution in [0.5, 0.6) is 0 Å². The van der Waals surface area contributed by atoms with Crippen molar-refractivity contribution < 1.29 is 9.21 Å². The smallest absolute Gasteiger partial charge is 0.180 e. The van der Waals surface area contributed by atoms with Crippen molar-refractivity contribution in [3.63, 3.8) is 0 Å². The van der Waals surface area contributed by atoms with E-state index in [2.05, 4.69) is 5.32 Å². The zero-order valence-electron chi connectivity index (χ0n) is 6.31. The average Bonchev–Trinajstić information content (AvgIpc) is 2.34. The minimum absolute atomic E-state index is 0.137. The fourth-order valence-electron chi connectivity index (χ4n) is 1.38. The molecule has 3 heteroatoms. The minimum Gasteiger partial charge on any atom is -0.467 e. The van der Waals surface area contributed by atoms with Crippen LogP contribution >= 0.6 is 0 Å². The molecule has 1 aromatic heterocycles. The Kier molecular flexibility index (Phi) is 1.32. The summed E-state index contributed by atoms with van der Waals surface area (Å²) in [5, 5.41) is 2.96. The third kappa shape index (κ3) is 0.886. The van der Waals surface area contributed by atoms with Crippen molar-refractivity contribution in [3.05, 3.63) is 23.2 Å². The van der Waals surface area contributed by atoms with Crippen LogP contribution in [-0.2, 0) is 6.54 Å². The van der Waals surface area contributed by atoms with E-state index in [-0.39, 0.29) is 5.78 Å². The molecule has 0 amide bonds. The van der Waals surface area contributed by atoms with Crippen LogP contribution in [0.1, 0.15) is 21.7 Å². The first kappa shape index (κ1) is 6.61. The van der Waals surface area contributed by atoms with Crippen molar-refractivity contribution in [3.8, 4) is 0 Å². The topological polar surface area (TPSA) is 42.2 Å². The standard InChI is InChI=1S/C8H9NO2/c1-5-4-11-7-3-9-2-6(10)8(5)7/h4,9H,2-3H2,1H3. The van der Waals surface area contributed by atoms with Gasteiger partial charge in [-0.2, -0.15) is 0 Å². The van der Waals surface area contributed by atoms with Gasteiger partial charge in [-0.3, -0.25) is 4.79 Å². The summed E-state index contributed by atoms with van der Waals surface area (Å²) in [5.74, 6) is 0.913. The van der Waals surface area contributed by atoms with Gasteiger partial charge in [0.15, 0.2) is 5.78 Å². The summed E-state index contributed by atoms with van der Waals surface area (Å²) >= 11 is 0. The molecule has 0 unspecified atom stereocenters. The number of hydrogen-bond acceptors (Lipinski definition) is 3. The lowest BCUT2D eigenvalue weighted by atomic mass is 10.0. The molecule has 0 aliphatic carbocycles. The quantitative estimate of drug-likeness (QED) is 0.598. The second-order valence-electron chi connectivity index (χ2n) is 2.74. The summed E-state index contributed by atoms with van der Waals surface area (Å²) in [7, 11) is 0. The lowest BCUT2D eigenvalue weighted by molar-refractivity contribution is 0.0978. The van der Waals surface area contributed by atoms with Gasteiger partial charge in [0.05, 0.1) is 24.9 Å². The highest BCUT2D eigenvalue weighted by Gasteiger charge is 2.21. The van der Waals surface area contributed by atoms with E-state index < -0.39 is 0 Å². The van der Waals surface area contributed by atoms with Gasteiger partial charge in [0, 0.05) is 0 Å². The van der Waals surface area contributed by atoms with Crippen molar-refractivity contribution >= 4 is 5.78 Å². The van der Waals surface area contributed by atoms with Crippen LogP contribution in [0.4, 0.5) is 0 Å². The fraction of sp³-hybridized carbons (Fsp3) is 0.375. The molecule has 11 heavy (non-hydrogen) atoms. The van der Waals surface area contributed by atoms with Gasteiger partial charge in [-0.15, -0.1) is 0 Å². The number of furan rings is 1. The maximum absolute atomic E-state index is 11.2. The summed E-state index contributed by atoms with van der Waals surface area (Å²) in [6.45, 7) is 3.01. The molecule has 0 saturated heterocycles. The van der Waals surface area contributed by atoms with Gasteiger partial charge >= 0.3 is 0 Å². The van der Waals surface area contributed by atoms with Crippen LogP contribution < -0.4 is 5.32 Å². The Balaban J connectivity index is 2.56. The second kappa shape index (κ2) is 2.20. The number of carbonyl (C=O) groups is 1. The number of carbonyl (C=O) groups excluding carboxylic acids is 1. The maximum Gasteiger partial charge on any atom is 0.180 e. The summed E-state index contributed by atoms with van der Waals surface area (Å²) in [4.78, 5) is 11.2. The van der Waals surface area contributed by atoms with Crippen LogP contribution in [0.2, 0.25) is 0 Å². The third-order valence-corrected chi connectivity index (χ3v) is 1.90. The predicted molar refractivity (Wildman–Crippen MR) is 39.5 cm³/mol. The summed E-state index contributed by atoms with van der Waals surface area (Å²) in [6.07, 6.45) is 1.63. The van der Waals surface area contributed by atoms with Crippen LogP contribution in [0, 0.1) is 6.92 Å². The monoisotopic (exact) mass is 151 g/mol. The van der Waals surface area contributed by atoms with Gasteiger partial charge in [-0.1, -0.05) is 0 Å². The van der Waals surface area contributed by atoms with Crippen LogP contribution in [0.3, 0.4) is 0 Å². The zero-order chi connectivity index (χ0) is 7.84. The third-order valence-electron chi connectivity index (χ3n) is 1.90. The van der Waals surface area contributed by atoms with Gasteiger partial charge in [0.1, 0.15) is 5.76 Å². The molecule has 0 saturated carbocycles. The maximum atomic E-state index is 11.2. The molecule has 0 atom stereocenters. The lowest BCUT2D eigenvalue weighted by Gasteiger charge is -2.10. The Bertz CT molecular complexity index is 301. The molecule has 1 aromatic rings. The Morgan fingerprint density at radius 1 is 1.55 bits per heavy atom. The Morgan fingerprint density at radius 3 is 3.09 bits per heavy atom. The number of hydrogen-bond donors (Lipinski definition) is 1. The normalized spacial score (nSPS) is 16.6. The number of aryl methyl sites for hydroxylation is 1. The van der Waals surface area contributed by atoms with E-state index in [1.807, 2.05) is 6.92 Å². The highest BCUT2D eigenvalue weighted by atomic mass is 16.3. The van der Waals surface area contributed by atoms with Crippen LogP contribution in [0.15, 0.2) is 10.7 Å². The van der Waals surface area contributed by atoms with E-state index in [9.17, 15) is 4.79 Å². The molecule has 3 nitrogen and oxygen atoms in total. The van der Waals surface area contributed by atoms with Gasteiger partial charge in [0.25, 0.3) is 0 Å². The van der Waals surface area contributed by atoms with E-state index in [0.29, 0.717) is 13.1 Å². The van der Waals surface area contributed by atoms with Crippen molar-refractivity contribution in [2.45, 2.75) is 13.5 Å². The molecule has 0 aromatic carbocycles. The second-order valence-corrected chi connectivity index (χ2v) is 2.74. The molecular formula is C8H9NO2. The van der Waals surface area contributed by atoms with E-state index in [1.54, 1.807) is 6.26 Å². The van der Waals surface area contributed by atoms with E-state index >= 15 is 0 Å². The number of rotatable bonds is 0. The Labute approximate surface area is 64.4 Å². The first-order valence-corrected chi connectivity index (χ1v) is 3.60. The van der Waals surface area contributed by atoms with Crippen LogP contribution in [-0.4, -0.2) is 12.3 Å². The van der Waals surface area contributed by atoms with E-state index in [4.69, 9.17) is 4.42 Å². The number of ketones is 1. The summed E-state index contributed by atoms with van der Waals surface area (Å²) in [6, 6.07) is 0. The van der Waals surface area contributed by atoms with Gasteiger partial charge in [0.2, 0.25) is 0 Å². The van der Waals surface area contributed by atoms with Gasteiger partial charge in [-0.25, -0.2) is 0 Å². The van der Waals surface area contributed by atoms with Crippen LogP contribution in [0.25, 0.3) is 0 Å². The molecule has 1 aliphatic heterocycles. The molecule has 0 spiro atoms. The molecule has 1 N–H and O–H groups in total. The molecular weight excluding hydrogens is 142 g/mol. The van der Waals surface area contributed by atoms with Gasteiger partial charge in [-0.05, 0) is 12.5 Å². The Morgan fingerprint density at radius 2 is 2.36 bits per heavy atom. The van der Waals surface area contributed by atoms with Crippen molar-refractivity contribution in [2.24, 2.45) is 0 Å². The first-order chi connectivity index (χ1) is 5.29. The predicted octanol–water partition coefficient (Wildman–Crippen LogP) is 0.874. The van der Waals surface area contributed by atoms with E-state index in [1.165, 1.54) is 0 Å². The fourth-order valence-corrected chi connectivity index (χ4v) is 1.38. The average molecular weight is 151 g/mol. The highest BCUT2D eigenvalue weighted by Crippen LogP contribution is 2.19. The summed E-state index contributed by atoms with van der Waals surface area (Å²) < 4.78 is 5.17. The minimum atomic E-state index is 0.137. The highest BCUT2D eigenvalue weighted by molar-refractivity contribution is 6.00. The van der Waals surface area contributed by atoms with Crippen molar-refractivity contribution in [1.29, 1.82) is 0 Å². The zero-order valence-corrected chi connectivity index (χ0v) is 6.31. The molecule has 0 bridgehead atoms. The van der Waals surface area contributed by atoms with E-state index in [0.717, 1.165) is 16.9 Å². The number of nitrogens with one attached hydrogen (secondary N) is 1. The molecule has 0 fully saturated rings. The summed E-state index contributed by atoms with van der Waals surface area (Å²) in [5.41, 5.74) is 1.73. The molecule has 1 aliphatic rings.